The van der Waals surface area contributed by atoms with Gasteiger partial charge in [-0.05, 0) is 38.1 Å². The maximum Gasteiger partial charge on any atom is 0.234 e. The minimum absolute atomic E-state index is 0.0937. The van der Waals surface area contributed by atoms with Gasteiger partial charge in [0.25, 0.3) is 0 Å². The third-order valence-corrected chi connectivity index (χ3v) is 5.23. The highest BCUT2D eigenvalue weighted by Crippen LogP contribution is 2.29. The Hall–Kier alpha value is -2.51. The smallest absolute Gasteiger partial charge is 0.234 e. The van der Waals surface area contributed by atoms with Crippen molar-refractivity contribution >= 4 is 35.0 Å². The molecule has 8 heteroatoms. The van der Waals surface area contributed by atoms with Crippen molar-refractivity contribution in [1.82, 2.24) is 14.8 Å². The number of benzene rings is 2. The average molecular weight is 417 g/mol. The number of para-hydroxylation sites is 2. The second-order valence-corrected chi connectivity index (χ2v) is 7.33. The van der Waals surface area contributed by atoms with Crippen molar-refractivity contribution in [2.45, 2.75) is 31.7 Å². The second kappa shape index (κ2) is 9.61. The van der Waals surface area contributed by atoms with E-state index in [-0.39, 0.29) is 17.8 Å². The Morgan fingerprint density at radius 1 is 1.18 bits per heavy atom. The molecule has 0 fully saturated rings. The largest absolute Gasteiger partial charge is 0.481 e. The number of anilines is 1. The first kappa shape index (κ1) is 20.2. The number of ether oxygens (including phenoxy) is 1. The van der Waals surface area contributed by atoms with Crippen molar-refractivity contribution in [1.29, 1.82) is 0 Å². The molecule has 28 heavy (non-hydrogen) atoms. The number of amides is 1. The predicted molar refractivity (Wildman–Crippen MR) is 112 cm³/mol. The number of hydrogen-bond donors (Lipinski definition) is 1. The van der Waals surface area contributed by atoms with E-state index in [2.05, 4.69) is 15.5 Å². The summed E-state index contributed by atoms with van der Waals surface area (Å²) in [6.07, 6.45) is -0.333. The molecule has 0 spiro atoms. The van der Waals surface area contributed by atoms with Gasteiger partial charge in [0, 0.05) is 12.2 Å². The summed E-state index contributed by atoms with van der Waals surface area (Å²) in [5.41, 5.74) is 0.771. The maximum absolute atomic E-state index is 12.2. The van der Waals surface area contributed by atoms with E-state index in [4.69, 9.17) is 16.3 Å². The molecule has 1 N–H and O–H groups in total. The summed E-state index contributed by atoms with van der Waals surface area (Å²) in [6.45, 7) is 4.57. The van der Waals surface area contributed by atoms with Crippen LogP contribution >= 0.6 is 23.4 Å². The van der Waals surface area contributed by atoms with Gasteiger partial charge in [-0.1, -0.05) is 53.7 Å². The number of carbonyl (C=O) groups is 1. The van der Waals surface area contributed by atoms with Gasteiger partial charge in [-0.15, -0.1) is 10.2 Å². The van der Waals surface area contributed by atoms with Crippen molar-refractivity contribution in [2.24, 2.45) is 0 Å². The van der Waals surface area contributed by atoms with Crippen LogP contribution in [0.15, 0.2) is 59.8 Å². The van der Waals surface area contributed by atoms with Gasteiger partial charge in [-0.25, -0.2) is 0 Å². The second-order valence-electron chi connectivity index (χ2n) is 5.98. The number of nitrogens with zero attached hydrogens (tertiary/aromatic N) is 3. The predicted octanol–water partition coefficient (Wildman–Crippen LogP) is 4.82. The van der Waals surface area contributed by atoms with Crippen LogP contribution in [0.4, 0.5) is 5.69 Å². The highest BCUT2D eigenvalue weighted by Gasteiger charge is 2.20. The Bertz CT molecular complexity index is 933. The molecular formula is C20H21ClN4O2S. The number of carbonyl (C=O) groups excluding carboxylic acids is 1. The first-order chi connectivity index (χ1) is 13.6. The van der Waals surface area contributed by atoms with E-state index in [1.165, 1.54) is 11.8 Å². The zero-order valence-corrected chi connectivity index (χ0v) is 17.2. The topological polar surface area (TPSA) is 69.0 Å². The van der Waals surface area contributed by atoms with Gasteiger partial charge in [-0.2, -0.15) is 0 Å². The summed E-state index contributed by atoms with van der Waals surface area (Å²) in [7, 11) is 0. The van der Waals surface area contributed by atoms with Crippen LogP contribution in [0.3, 0.4) is 0 Å². The molecule has 146 valence electrons. The third kappa shape index (κ3) is 5.05. The van der Waals surface area contributed by atoms with Gasteiger partial charge in [0.15, 0.2) is 17.1 Å². The van der Waals surface area contributed by atoms with Gasteiger partial charge in [-0.3, -0.25) is 4.79 Å². The Kier molecular flexibility index (Phi) is 6.95. The number of hydrogen-bond acceptors (Lipinski definition) is 5. The summed E-state index contributed by atoms with van der Waals surface area (Å²) in [5.74, 6) is 1.43. The van der Waals surface area contributed by atoms with Crippen LogP contribution in [0, 0.1) is 0 Å². The summed E-state index contributed by atoms with van der Waals surface area (Å²) in [4.78, 5) is 12.2. The minimum Gasteiger partial charge on any atom is -0.481 e. The number of rotatable bonds is 8. The Balaban J connectivity index is 1.64. The lowest BCUT2D eigenvalue weighted by Crippen LogP contribution is -2.15. The number of thioether (sulfide) groups is 1. The van der Waals surface area contributed by atoms with Gasteiger partial charge < -0.3 is 14.6 Å². The Labute approximate surface area is 173 Å². The van der Waals surface area contributed by atoms with E-state index < -0.39 is 0 Å². The Morgan fingerprint density at radius 2 is 1.89 bits per heavy atom. The van der Waals surface area contributed by atoms with Crippen LogP contribution in [0.2, 0.25) is 5.02 Å². The molecule has 1 heterocycles. The molecule has 0 aliphatic rings. The van der Waals surface area contributed by atoms with Crippen molar-refractivity contribution in [3.63, 3.8) is 0 Å². The van der Waals surface area contributed by atoms with Crippen LogP contribution in [0.5, 0.6) is 5.75 Å². The molecule has 0 aliphatic heterocycles. The van der Waals surface area contributed by atoms with Gasteiger partial charge in [0.1, 0.15) is 5.75 Å². The average Bonchev–Trinajstić information content (AvgIpc) is 3.12. The SMILES string of the molecule is CCn1c(SCC(=O)Nc2ccccc2)nnc1[C@@H](C)Oc1ccccc1Cl. The fraction of sp³-hybridized carbons (Fsp3) is 0.250. The van der Waals surface area contributed by atoms with Crippen LogP contribution in [0.25, 0.3) is 0 Å². The van der Waals surface area contributed by atoms with Gasteiger partial charge in [0.05, 0.1) is 10.8 Å². The van der Waals surface area contributed by atoms with Crippen molar-refractivity contribution in [3.05, 3.63) is 65.4 Å². The molecular weight excluding hydrogens is 396 g/mol. The summed E-state index contributed by atoms with van der Waals surface area (Å²) < 4.78 is 7.89. The number of aromatic nitrogens is 3. The van der Waals surface area contributed by atoms with Crippen LogP contribution in [-0.4, -0.2) is 26.4 Å². The molecule has 0 radical (unpaired) electrons. The van der Waals surface area contributed by atoms with Crippen LogP contribution in [0.1, 0.15) is 25.8 Å². The van der Waals surface area contributed by atoms with Crippen molar-refractivity contribution < 1.29 is 9.53 Å². The third-order valence-electron chi connectivity index (χ3n) is 3.96. The standard InChI is InChI=1S/C20H21ClN4O2S/c1-3-25-19(14(2)27-17-12-8-7-11-16(17)21)23-24-20(25)28-13-18(26)22-15-9-5-4-6-10-15/h4-12,14H,3,13H2,1-2H3,(H,22,26)/t14-/m1/s1. The summed E-state index contributed by atoms with van der Waals surface area (Å²) in [6, 6.07) is 16.7. The summed E-state index contributed by atoms with van der Waals surface area (Å²) >= 11 is 7.51. The fourth-order valence-electron chi connectivity index (χ4n) is 2.64. The first-order valence-electron chi connectivity index (χ1n) is 8.90. The molecule has 0 saturated heterocycles. The monoisotopic (exact) mass is 416 g/mol. The maximum atomic E-state index is 12.2. The zero-order valence-electron chi connectivity index (χ0n) is 15.6. The highest BCUT2D eigenvalue weighted by molar-refractivity contribution is 7.99. The van der Waals surface area contributed by atoms with Gasteiger partial charge in [0.2, 0.25) is 5.91 Å². The molecule has 3 rings (SSSR count). The van der Waals surface area contributed by atoms with Crippen molar-refractivity contribution in [3.8, 4) is 5.75 Å². The zero-order chi connectivity index (χ0) is 19.9. The van der Waals surface area contributed by atoms with E-state index in [0.29, 0.717) is 28.3 Å². The van der Waals surface area contributed by atoms with E-state index in [0.717, 1.165) is 5.69 Å². The van der Waals surface area contributed by atoms with E-state index in [1.807, 2.05) is 66.9 Å². The molecule has 1 aromatic heterocycles. The lowest BCUT2D eigenvalue weighted by atomic mass is 10.3. The number of nitrogens with one attached hydrogen (secondary N) is 1. The molecule has 1 atom stereocenters. The van der Waals surface area contributed by atoms with Crippen LogP contribution < -0.4 is 10.1 Å². The Morgan fingerprint density at radius 3 is 2.61 bits per heavy atom. The molecule has 0 bridgehead atoms. The van der Waals surface area contributed by atoms with Crippen LogP contribution in [-0.2, 0) is 11.3 Å². The first-order valence-corrected chi connectivity index (χ1v) is 10.3. The van der Waals surface area contributed by atoms with Crippen molar-refractivity contribution in [2.75, 3.05) is 11.1 Å². The van der Waals surface area contributed by atoms with E-state index in [1.54, 1.807) is 6.07 Å². The molecule has 6 nitrogen and oxygen atoms in total. The lowest BCUT2D eigenvalue weighted by Gasteiger charge is -2.16. The molecule has 3 aromatic rings. The highest BCUT2D eigenvalue weighted by atomic mass is 35.5. The molecule has 1 amide bonds. The minimum atomic E-state index is -0.333. The molecule has 0 unspecified atom stereocenters. The summed E-state index contributed by atoms with van der Waals surface area (Å²) in [5, 5.41) is 12.6. The van der Waals surface area contributed by atoms with E-state index in [9.17, 15) is 4.79 Å². The fourth-order valence-corrected chi connectivity index (χ4v) is 3.63. The molecule has 0 aliphatic carbocycles. The molecule has 0 saturated carbocycles. The molecule has 2 aromatic carbocycles. The van der Waals surface area contributed by atoms with E-state index >= 15 is 0 Å². The number of halogens is 1. The quantitative estimate of drug-likeness (QED) is 0.533. The van der Waals surface area contributed by atoms with Gasteiger partial charge >= 0.3 is 0 Å². The normalized spacial score (nSPS) is 11.8. The lowest BCUT2D eigenvalue weighted by molar-refractivity contribution is -0.113.